The highest BCUT2D eigenvalue weighted by Gasteiger charge is 2.61. The first-order chi connectivity index (χ1) is 46.8. The van der Waals surface area contributed by atoms with Crippen LogP contribution >= 0.6 is 11.3 Å². The van der Waals surface area contributed by atoms with E-state index >= 15 is 0 Å². The third-order valence-corrected chi connectivity index (χ3v) is 18.9. The predicted molar refractivity (Wildman–Crippen MR) is 362 cm³/mol. The number of benzene rings is 2. The van der Waals surface area contributed by atoms with E-state index < -0.39 is 41.5 Å². The Balaban J connectivity index is 0.693. The van der Waals surface area contributed by atoms with Crippen LogP contribution in [0.2, 0.25) is 0 Å². The normalized spacial score (nSPS) is 18.5. The van der Waals surface area contributed by atoms with Gasteiger partial charge in [-0.15, -0.1) is 11.3 Å². The highest BCUT2D eigenvalue weighted by molar-refractivity contribution is 7.09. The Morgan fingerprint density at radius 3 is 2.26 bits per heavy atom. The molecule has 3 aliphatic rings. The molecule has 28 nitrogen and oxygen atoms in total. The van der Waals surface area contributed by atoms with Crippen molar-refractivity contribution in [3.05, 3.63) is 87.1 Å². The number of aromatic amines is 1. The number of amides is 7. The molecule has 530 valence electrons. The number of carbonyl (C=O) groups excluding carboxylic acids is 7. The predicted octanol–water partition coefficient (Wildman–Crippen LogP) is 6.37. The van der Waals surface area contributed by atoms with Crippen LogP contribution in [-0.4, -0.2) is 185 Å². The molecule has 0 spiro atoms. The second kappa shape index (κ2) is 37.0. The second-order valence-electron chi connectivity index (χ2n) is 25.5. The van der Waals surface area contributed by atoms with Gasteiger partial charge in [0.25, 0.3) is 5.91 Å². The average molecular weight is 1370 g/mol. The number of piperidine rings is 1. The van der Waals surface area contributed by atoms with Gasteiger partial charge in [0.15, 0.2) is 5.65 Å². The first kappa shape index (κ1) is 74.7. The van der Waals surface area contributed by atoms with Gasteiger partial charge in [0.05, 0.1) is 57.9 Å². The van der Waals surface area contributed by atoms with Crippen LogP contribution in [0.15, 0.2) is 54.2 Å². The number of nitrogens with zero attached hydrogens (tertiary/aromatic N) is 6. The number of H-pyrrole nitrogens is 1. The monoisotopic (exact) mass is 1370 g/mol. The van der Waals surface area contributed by atoms with Crippen molar-refractivity contribution < 1.29 is 67.1 Å². The summed E-state index contributed by atoms with van der Waals surface area (Å²) < 4.78 is 34.2. The molecule has 1 saturated heterocycles. The van der Waals surface area contributed by atoms with Crippen LogP contribution in [0.3, 0.4) is 0 Å². The zero-order valence-corrected chi connectivity index (χ0v) is 57.7. The molecule has 5 aromatic rings. The number of aromatic hydroxyl groups is 1. The Morgan fingerprint density at radius 2 is 1.55 bits per heavy atom. The van der Waals surface area contributed by atoms with Gasteiger partial charge in [-0.2, -0.15) is 9.97 Å². The molecule has 10 N–H and O–H groups in total. The van der Waals surface area contributed by atoms with Crippen molar-refractivity contribution in [2.45, 2.75) is 173 Å². The summed E-state index contributed by atoms with van der Waals surface area (Å²) in [6, 6.07) is 11.2. The van der Waals surface area contributed by atoms with E-state index in [2.05, 4.69) is 70.8 Å². The number of rotatable bonds is 39. The number of aromatic nitrogens is 5. The Bertz CT molecular complexity index is 3410. The maximum atomic E-state index is 14.9. The summed E-state index contributed by atoms with van der Waals surface area (Å²) in [7, 11) is 1.97. The number of likely N-dealkylation sites (tertiary alicyclic amines) is 1. The number of ether oxygens (including phenoxy) is 6. The minimum absolute atomic E-state index is 0.0134. The smallest absolute Gasteiger partial charge is 0.426 e. The number of nitrogens with two attached hydrogens (primary N) is 1. The van der Waals surface area contributed by atoms with Crippen LogP contribution in [-0.2, 0) is 60.8 Å². The van der Waals surface area contributed by atoms with Crippen LogP contribution in [0, 0.1) is 11.8 Å². The van der Waals surface area contributed by atoms with Gasteiger partial charge in [0.2, 0.25) is 41.4 Å². The minimum Gasteiger partial charge on any atom is -0.508 e. The van der Waals surface area contributed by atoms with Crippen molar-refractivity contribution in [1.29, 1.82) is 0 Å². The van der Waals surface area contributed by atoms with Gasteiger partial charge in [0, 0.05) is 68.4 Å². The average Bonchev–Trinajstić information content (AvgIpc) is 1.55. The molecule has 1 saturated carbocycles. The molecule has 2 aromatic carbocycles. The lowest BCUT2D eigenvalue weighted by atomic mass is 9.79. The Labute approximate surface area is 570 Å². The molecule has 2 aliphatic carbocycles. The summed E-state index contributed by atoms with van der Waals surface area (Å²) in [5, 5.41) is 24.9. The van der Waals surface area contributed by atoms with E-state index in [1.54, 1.807) is 17.5 Å². The van der Waals surface area contributed by atoms with Gasteiger partial charge in [-0.05, 0) is 105 Å². The molecule has 8 rings (SSSR count). The number of imidazole rings is 1. The lowest BCUT2D eigenvalue weighted by Gasteiger charge is -2.40. The number of nitrogens with one attached hydrogen (secondary N) is 7. The fourth-order valence-electron chi connectivity index (χ4n) is 12.4. The van der Waals surface area contributed by atoms with E-state index in [0.29, 0.717) is 86.0 Å². The molecule has 0 radical (unpaired) electrons. The van der Waals surface area contributed by atoms with Gasteiger partial charge in [0.1, 0.15) is 47.3 Å². The molecular formula is C68H98N14O14S. The zero-order chi connectivity index (χ0) is 69.4. The Kier molecular flexibility index (Phi) is 28.5. The molecule has 7 amide bonds. The van der Waals surface area contributed by atoms with Gasteiger partial charge in [-0.25, -0.2) is 20.2 Å². The van der Waals surface area contributed by atoms with E-state index in [0.717, 1.165) is 48.9 Å². The number of hydrogen-bond donors (Lipinski definition) is 9. The summed E-state index contributed by atoms with van der Waals surface area (Å²) >= 11 is 1.32. The Morgan fingerprint density at radius 1 is 0.825 bits per heavy atom. The molecule has 1 aliphatic heterocycles. The molecule has 3 aromatic heterocycles. The maximum absolute atomic E-state index is 14.9. The number of thiazole rings is 1. The number of anilines is 1. The lowest BCUT2D eigenvalue weighted by molar-refractivity contribution is -0.143. The van der Waals surface area contributed by atoms with E-state index in [9.17, 15) is 38.7 Å². The van der Waals surface area contributed by atoms with Gasteiger partial charge in [-0.1, -0.05) is 84.7 Å². The number of nitrogen functional groups attached to an aromatic ring is 1. The SMILES string of the molecule is CCCO[C@H](C[C@H](C(C)C)N(CCC)C(=O)[C@@H](NC(=O)[C@H]1CCCCN1C)[C@@H](C)CC)c1nc(C(=O)NC23C[C@@H](C(=O)NNC(=O)OCCOCCOCCOCCNC(=O)CCCC(=O)NCc4ccc(COc5nc(N)nc6nc[nH]c56)cc4)c4cc(O)ccc4[C@@H]2C3)cs1. The van der Waals surface area contributed by atoms with Gasteiger partial charge < -0.3 is 70.4 Å². The fraction of sp³-hybridized carbons (Fsp3) is 0.603. The maximum Gasteiger partial charge on any atom is 0.426 e. The van der Waals surface area contributed by atoms with Crippen LogP contribution < -0.4 is 42.6 Å². The topological polar surface area (TPSA) is 367 Å². The van der Waals surface area contributed by atoms with E-state index in [4.69, 9.17) is 39.1 Å². The number of hydrogen-bond acceptors (Lipinski definition) is 21. The van der Waals surface area contributed by atoms with Crippen LogP contribution in [0.1, 0.15) is 174 Å². The van der Waals surface area contributed by atoms with Gasteiger partial charge in [-0.3, -0.25) is 39.1 Å². The number of hydrazine groups is 1. The van der Waals surface area contributed by atoms with Crippen LogP contribution in [0.5, 0.6) is 11.6 Å². The van der Waals surface area contributed by atoms with Crippen molar-refractivity contribution in [3.63, 3.8) is 0 Å². The summed E-state index contributed by atoms with van der Waals surface area (Å²) in [4.78, 5) is 118. The summed E-state index contributed by atoms with van der Waals surface area (Å²) in [6.45, 7) is 16.2. The fourth-order valence-corrected chi connectivity index (χ4v) is 13.2. The highest BCUT2D eigenvalue weighted by atomic mass is 32.1. The molecule has 8 atom stereocenters. The van der Waals surface area contributed by atoms with Crippen LogP contribution in [0.4, 0.5) is 10.7 Å². The number of fused-ring (bicyclic) bond motifs is 4. The number of phenols is 1. The minimum atomic E-state index is -0.918. The number of phenolic OH excluding ortho intramolecular Hbond substituents is 1. The molecule has 0 bridgehead atoms. The number of likely N-dealkylation sites (N-methyl/N-ethyl adjacent to an activating group) is 1. The van der Waals surface area contributed by atoms with Gasteiger partial charge >= 0.3 is 6.09 Å². The van der Waals surface area contributed by atoms with Crippen molar-refractivity contribution in [3.8, 4) is 11.6 Å². The van der Waals surface area contributed by atoms with Crippen LogP contribution in [0.25, 0.3) is 11.2 Å². The molecular weight excluding hydrogens is 1270 g/mol. The lowest BCUT2D eigenvalue weighted by Crippen LogP contribution is -2.58. The summed E-state index contributed by atoms with van der Waals surface area (Å²) in [5.41, 5.74) is 14.1. The summed E-state index contributed by atoms with van der Waals surface area (Å²) in [5.74, 6) is -2.30. The van der Waals surface area contributed by atoms with E-state index in [-0.39, 0.29) is 143 Å². The van der Waals surface area contributed by atoms with Crippen molar-refractivity contribution in [2.75, 3.05) is 85.3 Å². The second-order valence-corrected chi connectivity index (χ2v) is 26.4. The number of carbonyl (C=O) groups is 7. The van der Waals surface area contributed by atoms with Crippen molar-refractivity contribution >= 4 is 70.0 Å². The molecule has 2 fully saturated rings. The quantitative estimate of drug-likeness (QED) is 0.0152. The van der Waals surface area contributed by atoms with Crippen molar-refractivity contribution in [1.82, 2.24) is 66.8 Å². The Hall–Kier alpha value is -8.09. The van der Waals surface area contributed by atoms with Crippen molar-refractivity contribution in [2.24, 2.45) is 11.8 Å². The largest absolute Gasteiger partial charge is 0.508 e. The standard InChI is InChI=1S/C68H98N14O14S/c1-8-24-82(65(89)57(43(6)10-3)75-62(88)52-14-11-12-25-81(52)7)53(42(4)5)35-54(94-26-9-2)64-74-51(40-97-64)61(87)78-68-36-49(48-34-46(83)21-22-47(48)50(68)37-68)60(86)79-80-67(90)95-33-32-93-31-30-92-29-28-91-27-23-70-55(84)15-13-16-56(85)71-38-44-17-19-45(20-18-44)39-96-63-58-59(73-41-72-58)76-66(69)77-63/h17-22,34,40-43,49-50,52-54,57,83H,8-16,23-33,35-39H2,1-7H3,(H,70,84)(H,71,85)(H,75,88)(H,78,87)(H,79,86)(H,80,90)(H3,69,72,73,76,77)/t43-,49+,50-,52+,53+,54+,57-,68?/m0/s1. The molecule has 97 heavy (non-hydrogen) atoms. The summed E-state index contributed by atoms with van der Waals surface area (Å²) in [6.07, 6.45) is 6.88. The third-order valence-electron chi connectivity index (χ3n) is 17.9. The first-order valence-corrected chi connectivity index (χ1v) is 34.9. The first-order valence-electron chi connectivity index (χ1n) is 34.0. The molecule has 4 heterocycles. The molecule has 29 heteroatoms. The van der Waals surface area contributed by atoms with E-state index in [1.165, 1.54) is 23.7 Å². The highest BCUT2D eigenvalue weighted by Crippen LogP contribution is 2.61. The zero-order valence-electron chi connectivity index (χ0n) is 56.9. The third kappa shape index (κ3) is 21.5. The molecule has 1 unspecified atom stereocenters. The van der Waals surface area contributed by atoms with E-state index in [1.807, 2.05) is 63.9 Å².